The monoisotopic (exact) mass is 846 g/mol. The lowest BCUT2D eigenvalue weighted by Crippen LogP contribution is -2.54. The molecule has 1 saturated heterocycles. The lowest BCUT2D eigenvalue weighted by molar-refractivity contribution is -0.136. The third-order valence-electron chi connectivity index (χ3n) is 9.76. The Bertz CT molecular complexity index is 1990. The molecule has 17 heteroatoms. The van der Waals surface area contributed by atoms with Gasteiger partial charge in [-0.3, -0.25) is 39.0 Å². The third kappa shape index (κ3) is 14.0. The van der Waals surface area contributed by atoms with E-state index < -0.39 is 42.2 Å². The molecular formula is C44H54N4O13. The normalized spacial score (nSPS) is 14.7. The molecule has 1 unspecified atom stereocenters. The van der Waals surface area contributed by atoms with Crippen molar-refractivity contribution in [3.05, 3.63) is 82.9 Å². The average molecular weight is 847 g/mol. The van der Waals surface area contributed by atoms with E-state index in [0.717, 1.165) is 35.5 Å². The van der Waals surface area contributed by atoms with Crippen LogP contribution in [0.15, 0.2) is 60.7 Å². The predicted molar refractivity (Wildman–Crippen MR) is 220 cm³/mol. The van der Waals surface area contributed by atoms with Crippen molar-refractivity contribution in [2.24, 2.45) is 0 Å². The van der Waals surface area contributed by atoms with Gasteiger partial charge in [0, 0.05) is 32.7 Å². The molecule has 0 radical (unpaired) electrons. The largest absolute Gasteiger partial charge is 0.493 e. The standard InChI is InChI=1S/C44H54N4O13/c1-55-35-16-14-31(27-37(35)56-2)9-3-8-30-10-4-11-32(26-30)60-28-39(50)45-18-6-20-57-22-24-59-25-23-58-21-7-19-46-40(51)29-61-36-13-5-12-33-41(36)44(54)48(43(33)53)34-15-17-38(49)47-42(34)52/h4-5,10-14,16,26-27,34H,3,6-9,15,17-25,28-29H2,1-2H3,(H,45,50)(H,46,51)(H,47,49,52). The predicted octanol–water partition coefficient (Wildman–Crippen LogP) is 2.80. The molecule has 2 aliphatic rings. The van der Waals surface area contributed by atoms with Gasteiger partial charge in [-0.1, -0.05) is 24.3 Å². The first-order valence-electron chi connectivity index (χ1n) is 20.3. The number of carbonyl (C=O) groups is 6. The highest BCUT2D eigenvalue weighted by atomic mass is 16.5. The summed E-state index contributed by atoms with van der Waals surface area (Å²) >= 11 is 0. The maximum Gasteiger partial charge on any atom is 0.266 e. The summed E-state index contributed by atoms with van der Waals surface area (Å²) in [6.07, 6.45) is 3.95. The number of methoxy groups -OCH3 is 2. The number of hydrogen-bond acceptors (Lipinski definition) is 13. The summed E-state index contributed by atoms with van der Waals surface area (Å²) in [6.45, 7) is 2.75. The number of ether oxygens (including phenoxy) is 7. The van der Waals surface area contributed by atoms with Crippen LogP contribution < -0.4 is 34.9 Å². The second kappa shape index (κ2) is 24.3. The van der Waals surface area contributed by atoms with E-state index in [4.69, 9.17) is 33.2 Å². The molecule has 1 atom stereocenters. The van der Waals surface area contributed by atoms with E-state index >= 15 is 0 Å². The number of piperidine rings is 1. The van der Waals surface area contributed by atoms with E-state index in [1.165, 1.54) is 23.8 Å². The zero-order chi connectivity index (χ0) is 43.4. The Labute approximate surface area is 354 Å². The number of imide groups is 2. The van der Waals surface area contributed by atoms with Gasteiger partial charge in [0.2, 0.25) is 11.8 Å². The van der Waals surface area contributed by atoms with Crippen molar-refractivity contribution in [3.63, 3.8) is 0 Å². The van der Waals surface area contributed by atoms with Gasteiger partial charge in [-0.05, 0) is 86.1 Å². The number of nitrogens with one attached hydrogen (secondary N) is 3. The molecule has 5 rings (SSSR count). The maximum absolute atomic E-state index is 13.2. The molecule has 0 bridgehead atoms. The van der Waals surface area contributed by atoms with Gasteiger partial charge in [0.15, 0.2) is 24.7 Å². The Morgan fingerprint density at radius 1 is 0.672 bits per heavy atom. The number of hydrogen-bond donors (Lipinski definition) is 3. The van der Waals surface area contributed by atoms with Crippen LogP contribution in [-0.2, 0) is 46.2 Å². The van der Waals surface area contributed by atoms with Crippen LogP contribution in [0.25, 0.3) is 0 Å². The number of benzene rings is 3. The van der Waals surface area contributed by atoms with Crippen LogP contribution in [0.3, 0.4) is 0 Å². The van der Waals surface area contributed by atoms with Crippen LogP contribution in [0.1, 0.15) is 63.9 Å². The van der Waals surface area contributed by atoms with Crippen LogP contribution in [-0.4, -0.2) is 127 Å². The minimum absolute atomic E-state index is 0.0101. The Morgan fingerprint density at radius 3 is 1.95 bits per heavy atom. The van der Waals surface area contributed by atoms with E-state index in [0.29, 0.717) is 77.1 Å². The second-order valence-corrected chi connectivity index (χ2v) is 14.1. The van der Waals surface area contributed by atoms with E-state index in [-0.39, 0.29) is 42.2 Å². The smallest absolute Gasteiger partial charge is 0.266 e. The molecule has 2 heterocycles. The van der Waals surface area contributed by atoms with Gasteiger partial charge in [-0.25, -0.2) is 0 Å². The molecule has 0 saturated carbocycles. The highest BCUT2D eigenvalue weighted by Crippen LogP contribution is 2.34. The van der Waals surface area contributed by atoms with Gasteiger partial charge in [0.25, 0.3) is 23.6 Å². The fraction of sp³-hybridized carbons (Fsp3) is 0.455. The highest BCUT2D eigenvalue weighted by Gasteiger charge is 2.46. The lowest BCUT2D eigenvalue weighted by atomic mass is 10.0. The van der Waals surface area contributed by atoms with Crippen LogP contribution >= 0.6 is 0 Å². The number of amides is 6. The van der Waals surface area contributed by atoms with Crippen molar-refractivity contribution in [2.75, 3.05) is 80.2 Å². The first-order valence-corrected chi connectivity index (χ1v) is 20.3. The topological polar surface area (TPSA) is 206 Å². The van der Waals surface area contributed by atoms with Gasteiger partial charge in [-0.15, -0.1) is 0 Å². The summed E-state index contributed by atoms with van der Waals surface area (Å²) < 4.78 is 38.6. The summed E-state index contributed by atoms with van der Waals surface area (Å²) in [5.41, 5.74) is 2.35. The molecular weight excluding hydrogens is 792 g/mol. The molecule has 3 aromatic carbocycles. The number of carbonyl (C=O) groups excluding carboxylic acids is 6. The van der Waals surface area contributed by atoms with Gasteiger partial charge >= 0.3 is 0 Å². The van der Waals surface area contributed by atoms with E-state index in [9.17, 15) is 28.8 Å². The quantitative estimate of drug-likeness (QED) is 0.0747. The zero-order valence-electron chi connectivity index (χ0n) is 34.6. The first-order chi connectivity index (χ1) is 29.7. The summed E-state index contributed by atoms with van der Waals surface area (Å²) in [5, 5.41) is 7.71. The van der Waals surface area contributed by atoms with Crippen LogP contribution in [0.4, 0.5) is 0 Å². The SMILES string of the molecule is COc1ccc(CCCc2cccc(OCC(=O)NCCCOCCOCCOCCCNC(=O)COc3cccc4c3C(=O)N(C3CCC(=O)NC3=O)C4=O)c2)cc1OC. The zero-order valence-corrected chi connectivity index (χ0v) is 34.6. The first kappa shape index (κ1) is 46.0. The molecule has 1 fully saturated rings. The van der Waals surface area contributed by atoms with Gasteiger partial charge in [-0.2, -0.15) is 0 Å². The number of rotatable bonds is 27. The molecule has 2 aliphatic heterocycles. The average Bonchev–Trinajstić information content (AvgIpc) is 3.52. The van der Waals surface area contributed by atoms with Crippen LogP contribution in [0.2, 0.25) is 0 Å². The Balaban J connectivity index is 0.817. The van der Waals surface area contributed by atoms with Gasteiger partial charge < -0.3 is 43.8 Å². The Hall–Kier alpha value is -6.04. The van der Waals surface area contributed by atoms with Crippen molar-refractivity contribution >= 4 is 35.4 Å². The molecule has 3 aromatic rings. The molecule has 0 aromatic heterocycles. The number of nitrogens with zero attached hydrogens (tertiary/aromatic N) is 1. The Morgan fingerprint density at radius 2 is 1.30 bits per heavy atom. The maximum atomic E-state index is 13.2. The molecule has 6 amide bonds. The van der Waals surface area contributed by atoms with Crippen molar-refractivity contribution in [3.8, 4) is 23.0 Å². The van der Waals surface area contributed by atoms with E-state index in [1.54, 1.807) is 14.2 Å². The molecule has 61 heavy (non-hydrogen) atoms. The Kier molecular flexibility index (Phi) is 18.3. The lowest BCUT2D eigenvalue weighted by Gasteiger charge is -2.27. The summed E-state index contributed by atoms with van der Waals surface area (Å²) in [4.78, 5) is 75.5. The van der Waals surface area contributed by atoms with Crippen molar-refractivity contribution in [2.45, 2.75) is 51.0 Å². The minimum atomic E-state index is -1.10. The molecule has 328 valence electrons. The molecule has 17 nitrogen and oxygen atoms in total. The molecule has 3 N–H and O–H groups in total. The highest BCUT2D eigenvalue weighted by molar-refractivity contribution is 6.24. The fourth-order valence-corrected chi connectivity index (χ4v) is 6.67. The van der Waals surface area contributed by atoms with E-state index in [2.05, 4.69) is 22.0 Å². The minimum Gasteiger partial charge on any atom is -0.493 e. The third-order valence-corrected chi connectivity index (χ3v) is 9.76. The van der Waals surface area contributed by atoms with Crippen molar-refractivity contribution < 1.29 is 61.9 Å². The van der Waals surface area contributed by atoms with Crippen molar-refractivity contribution in [1.29, 1.82) is 0 Å². The van der Waals surface area contributed by atoms with E-state index in [1.807, 2.05) is 36.4 Å². The van der Waals surface area contributed by atoms with Gasteiger partial charge in [0.05, 0.1) is 51.8 Å². The van der Waals surface area contributed by atoms with Crippen LogP contribution in [0.5, 0.6) is 23.0 Å². The summed E-state index contributed by atoms with van der Waals surface area (Å²) in [7, 11) is 3.25. The second-order valence-electron chi connectivity index (χ2n) is 14.1. The fourth-order valence-electron chi connectivity index (χ4n) is 6.67. The van der Waals surface area contributed by atoms with Gasteiger partial charge in [0.1, 0.15) is 17.5 Å². The summed E-state index contributed by atoms with van der Waals surface area (Å²) in [5.74, 6) is -1.04. The molecule has 0 aliphatic carbocycles. The number of fused-ring (bicyclic) bond motifs is 1. The van der Waals surface area contributed by atoms with Crippen molar-refractivity contribution in [1.82, 2.24) is 20.9 Å². The summed E-state index contributed by atoms with van der Waals surface area (Å²) in [6, 6.07) is 17.1. The van der Waals surface area contributed by atoms with Crippen LogP contribution in [0, 0.1) is 0 Å². The number of aryl methyl sites for hydroxylation is 2. The molecule has 0 spiro atoms.